The van der Waals surface area contributed by atoms with Crippen molar-refractivity contribution in [2.24, 2.45) is 5.41 Å². The normalized spacial score (nSPS) is 28.8. The molecule has 0 atom stereocenters. The fraction of sp³-hybridized carbons (Fsp3) is 0.650. The van der Waals surface area contributed by atoms with Crippen LogP contribution in [0.1, 0.15) is 44.2 Å². The van der Waals surface area contributed by atoms with Crippen molar-refractivity contribution in [1.82, 2.24) is 14.8 Å². The molecule has 3 rings (SSSR count). The molecule has 0 unspecified atom stereocenters. The number of aromatic nitrogens is 1. The summed E-state index contributed by atoms with van der Waals surface area (Å²) >= 11 is 0. The Kier molecular flexibility index (Phi) is 5.32. The van der Waals surface area contributed by atoms with Crippen molar-refractivity contribution in [3.8, 4) is 0 Å². The van der Waals surface area contributed by atoms with E-state index in [1.807, 2.05) is 23.2 Å². The molecule has 0 radical (unpaired) electrons. The first-order valence-electron chi connectivity index (χ1n) is 9.34. The molecule has 1 aromatic rings. The van der Waals surface area contributed by atoms with Gasteiger partial charge in [0.05, 0.1) is 24.8 Å². The summed E-state index contributed by atoms with van der Waals surface area (Å²) in [6.07, 6.45) is 6.72. The molecule has 0 N–H and O–H groups in total. The largest absolute Gasteiger partial charge is 0.469 e. The van der Waals surface area contributed by atoms with Gasteiger partial charge in [-0.15, -0.1) is 0 Å². The molecule has 6 heteroatoms. The summed E-state index contributed by atoms with van der Waals surface area (Å²) < 4.78 is 4.70. The molecule has 1 aliphatic carbocycles. The molecule has 1 aliphatic heterocycles. The van der Waals surface area contributed by atoms with Crippen molar-refractivity contribution in [1.29, 1.82) is 0 Å². The predicted molar refractivity (Wildman–Crippen MR) is 98.3 cm³/mol. The minimum absolute atomic E-state index is 0.0431. The second-order valence-corrected chi connectivity index (χ2v) is 7.96. The van der Waals surface area contributed by atoms with Crippen LogP contribution in [0.5, 0.6) is 0 Å². The fourth-order valence-corrected chi connectivity index (χ4v) is 4.61. The second kappa shape index (κ2) is 7.35. The van der Waals surface area contributed by atoms with Crippen LogP contribution in [0.25, 0.3) is 0 Å². The molecule has 1 spiro atoms. The lowest BCUT2D eigenvalue weighted by molar-refractivity contribution is -0.141. The maximum Gasteiger partial charge on any atom is 0.307 e. The van der Waals surface area contributed by atoms with Gasteiger partial charge in [-0.05, 0) is 57.3 Å². The lowest BCUT2D eigenvalue weighted by Gasteiger charge is -2.48. The molecule has 0 aromatic carbocycles. The summed E-state index contributed by atoms with van der Waals surface area (Å²) in [5, 5.41) is 0. The number of pyridine rings is 1. The monoisotopic (exact) mass is 359 g/mol. The molecule has 26 heavy (non-hydrogen) atoms. The van der Waals surface area contributed by atoms with Crippen LogP contribution in [0.4, 0.5) is 0 Å². The highest BCUT2D eigenvalue weighted by molar-refractivity contribution is 5.80. The Morgan fingerprint density at radius 3 is 2.58 bits per heavy atom. The van der Waals surface area contributed by atoms with Crippen LogP contribution >= 0.6 is 0 Å². The molecule has 2 aliphatic rings. The van der Waals surface area contributed by atoms with Crippen molar-refractivity contribution in [3.05, 3.63) is 30.1 Å². The number of hydrogen-bond acceptors (Lipinski definition) is 5. The van der Waals surface area contributed by atoms with E-state index >= 15 is 0 Å². The fourth-order valence-electron chi connectivity index (χ4n) is 4.61. The Morgan fingerprint density at radius 1 is 1.27 bits per heavy atom. The van der Waals surface area contributed by atoms with E-state index in [1.54, 1.807) is 0 Å². The Morgan fingerprint density at radius 2 is 2.00 bits per heavy atom. The van der Waals surface area contributed by atoms with E-state index in [0.717, 1.165) is 37.9 Å². The van der Waals surface area contributed by atoms with Gasteiger partial charge >= 0.3 is 5.97 Å². The molecule has 2 heterocycles. The summed E-state index contributed by atoms with van der Waals surface area (Å²) in [6.45, 7) is 1.22. The summed E-state index contributed by atoms with van der Waals surface area (Å²) in [4.78, 5) is 32.6. The van der Waals surface area contributed by atoms with Gasteiger partial charge in [0.25, 0.3) is 0 Å². The van der Waals surface area contributed by atoms with E-state index in [4.69, 9.17) is 4.74 Å². The number of hydrogen-bond donors (Lipinski definition) is 0. The molecular formula is C20H29N3O3. The third-order valence-corrected chi connectivity index (χ3v) is 6.35. The lowest BCUT2D eigenvalue weighted by Crippen LogP contribution is -2.48. The lowest BCUT2D eigenvalue weighted by atomic mass is 9.65. The van der Waals surface area contributed by atoms with Crippen LogP contribution in [0, 0.1) is 5.41 Å². The molecule has 2 fully saturated rings. The van der Waals surface area contributed by atoms with Crippen molar-refractivity contribution < 1.29 is 14.3 Å². The topological polar surface area (TPSA) is 62.7 Å². The van der Waals surface area contributed by atoms with Crippen molar-refractivity contribution in [2.45, 2.75) is 44.1 Å². The zero-order chi connectivity index (χ0) is 18.8. The number of likely N-dealkylation sites (tertiary alicyclic amines) is 1. The Bertz CT molecular complexity index is 652. The standard InChI is InChI=1S/C20H29N3O3/c1-22(2)20(16-6-4-5-12-21-16)10-8-19(9-11-20)14-17(24)23(15-19)13-7-18(25)26-3/h4-6,12H,7-11,13-15H2,1-3H3. The van der Waals surface area contributed by atoms with Crippen molar-refractivity contribution >= 4 is 11.9 Å². The number of rotatable bonds is 5. The Labute approximate surface area is 155 Å². The average Bonchev–Trinajstić information content (AvgIpc) is 2.96. The third kappa shape index (κ3) is 3.47. The molecule has 1 saturated carbocycles. The van der Waals surface area contributed by atoms with Crippen molar-refractivity contribution in [3.63, 3.8) is 0 Å². The van der Waals surface area contributed by atoms with E-state index in [0.29, 0.717) is 13.0 Å². The van der Waals surface area contributed by atoms with Gasteiger partial charge in [0.1, 0.15) is 0 Å². The molecule has 6 nitrogen and oxygen atoms in total. The van der Waals surface area contributed by atoms with Gasteiger partial charge in [0.15, 0.2) is 0 Å². The minimum Gasteiger partial charge on any atom is -0.469 e. The van der Waals surface area contributed by atoms with E-state index in [9.17, 15) is 9.59 Å². The van der Waals surface area contributed by atoms with Crippen LogP contribution in [0.2, 0.25) is 0 Å². The van der Waals surface area contributed by atoms with E-state index < -0.39 is 0 Å². The zero-order valence-electron chi connectivity index (χ0n) is 16.0. The van der Waals surface area contributed by atoms with Crippen LogP contribution in [0.3, 0.4) is 0 Å². The third-order valence-electron chi connectivity index (χ3n) is 6.35. The Hall–Kier alpha value is -1.95. The van der Waals surface area contributed by atoms with Crippen LogP contribution in [0.15, 0.2) is 24.4 Å². The first kappa shape index (κ1) is 18.8. The van der Waals surface area contributed by atoms with Crippen LogP contribution in [-0.4, -0.2) is 61.0 Å². The molecular weight excluding hydrogens is 330 g/mol. The molecule has 1 saturated heterocycles. The number of amides is 1. The highest BCUT2D eigenvalue weighted by Gasteiger charge is 2.50. The van der Waals surface area contributed by atoms with Gasteiger partial charge < -0.3 is 9.64 Å². The number of ether oxygens (including phenoxy) is 1. The summed E-state index contributed by atoms with van der Waals surface area (Å²) in [5.74, 6) is -0.0896. The number of methoxy groups -OCH3 is 1. The van der Waals surface area contributed by atoms with Crippen LogP contribution in [-0.2, 0) is 19.9 Å². The quantitative estimate of drug-likeness (QED) is 0.754. The first-order chi connectivity index (χ1) is 12.4. The number of esters is 1. The van der Waals surface area contributed by atoms with E-state index in [-0.39, 0.29) is 29.3 Å². The molecule has 0 bridgehead atoms. The number of carbonyl (C=O) groups excluding carboxylic acids is 2. The summed E-state index contributed by atoms with van der Waals surface area (Å²) in [5.41, 5.74) is 1.10. The SMILES string of the molecule is COC(=O)CCN1CC2(CCC(c3ccccn3)(N(C)C)CC2)CC1=O. The highest BCUT2D eigenvalue weighted by Crippen LogP contribution is 2.51. The summed E-state index contributed by atoms with van der Waals surface area (Å²) in [7, 11) is 5.62. The van der Waals surface area contributed by atoms with Crippen molar-refractivity contribution in [2.75, 3.05) is 34.3 Å². The predicted octanol–water partition coefficient (Wildman–Crippen LogP) is 2.19. The highest BCUT2D eigenvalue weighted by atomic mass is 16.5. The maximum atomic E-state index is 12.5. The zero-order valence-corrected chi connectivity index (χ0v) is 16.0. The van der Waals surface area contributed by atoms with Gasteiger partial charge in [0.2, 0.25) is 5.91 Å². The number of nitrogens with zero attached hydrogens (tertiary/aromatic N) is 3. The van der Waals surface area contributed by atoms with Gasteiger partial charge in [0, 0.05) is 25.7 Å². The average molecular weight is 359 g/mol. The van der Waals surface area contributed by atoms with Gasteiger partial charge in [-0.3, -0.25) is 19.5 Å². The van der Waals surface area contributed by atoms with Gasteiger partial charge in [-0.2, -0.15) is 0 Å². The van der Waals surface area contributed by atoms with E-state index in [1.165, 1.54) is 7.11 Å². The van der Waals surface area contributed by atoms with Gasteiger partial charge in [-0.1, -0.05) is 6.07 Å². The summed E-state index contributed by atoms with van der Waals surface area (Å²) in [6, 6.07) is 6.11. The van der Waals surface area contributed by atoms with E-state index in [2.05, 4.69) is 30.0 Å². The maximum absolute atomic E-state index is 12.5. The smallest absolute Gasteiger partial charge is 0.307 e. The molecule has 1 amide bonds. The Balaban J connectivity index is 1.69. The minimum atomic E-state index is -0.260. The first-order valence-corrected chi connectivity index (χ1v) is 9.34. The number of carbonyl (C=O) groups is 2. The molecule has 142 valence electrons. The van der Waals surface area contributed by atoms with Gasteiger partial charge in [-0.25, -0.2) is 0 Å². The second-order valence-electron chi connectivity index (χ2n) is 7.96. The molecule has 1 aromatic heterocycles. The van der Waals surface area contributed by atoms with Crippen LogP contribution < -0.4 is 0 Å².